The molecule has 0 N–H and O–H groups in total. The summed E-state index contributed by atoms with van der Waals surface area (Å²) in [5.74, 6) is 0. The Hall–Kier alpha value is -7.98. The third-order valence-corrected chi connectivity index (χ3v) is 13.6. The molecule has 0 aliphatic heterocycles. The van der Waals surface area contributed by atoms with Gasteiger partial charge in [-0.1, -0.05) is 170 Å². The average molecular weight is 821 g/mol. The van der Waals surface area contributed by atoms with E-state index in [9.17, 15) is 0 Å². The van der Waals surface area contributed by atoms with Gasteiger partial charge in [-0.05, 0) is 112 Å². The summed E-state index contributed by atoms with van der Waals surface area (Å²) in [5.41, 5.74) is 16.4. The quantitative estimate of drug-likeness (QED) is 0.148. The maximum Gasteiger partial charge on any atom is 0.0547 e. The molecule has 0 saturated carbocycles. The highest BCUT2D eigenvalue weighted by Gasteiger charge is 2.20. The standard InChI is InChI=1S/C60H40N2S/c1-3-15-41(16-4-1)42-29-31-43(32-30-42)44-33-35-48(36-34-44)61(47-19-5-2-6-20-47)55-25-10-7-21-50(55)45-17-13-18-46(39-45)51-24-14-27-57-60(51)53-23-8-11-26-56(53)62(57)49-37-38-59-54(40-49)52-22-9-12-28-58(52)63-59/h1-40H. The van der Waals surface area contributed by atoms with E-state index in [0.29, 0.717) is 0 Å². The number of anilines is 3. The number of thiophene rings is 1. The van der Waals surface area contributed by atoms with Crippen molar-refractivity contribution >= 4 is 70.4 Å². The maximum absolute atomic E-state index is 2.45. The summed E-state index contributed by atoms with van der Waals surface area (Å²) in [6, 6.07) is 88.3. The minimum Gasteiger partial charge on any atom is -0.310 e. The van der Waals surface area contributed by atoms with Crippen molar-refractivity contribution < 1.29 is 0 Å². The molecule has 0 radical (unpaired) electrons. The lowest BCUT2D eigenvalue weighted by Crippen LogP contribution is -2.11. The molecule has 0 spiro atoms. The first kappa shape index (κ1) is 36.8. The smallest absolute Gasteiger partial charge is 0.0547 e. The van der Waals surface area contributed by atoms with Crippen LogP contribution in [0.2, 0.25) is 0 Å². The van der Waals surface area contributed by atoms with E-state index in [1.165, 1.54) is 81.0 Å². The largest absolute Gasteiger partial charge is 0.310 e. The Balaban J connectivity index is 0.948. The number of para-hydroxylation sites is 3. The lowest BCUT2D eigenvalue weighted by atomic mass is 9.94. The predicted molar refractivity (Wildman–Crippen MR) is 270 cm³/mol. The molecular formula is C60H40N2S. The van der Waals surface area contributed by atoms with Crippen LogP contribution in [-0.4, -0.2) is 4.57 Å². The van der Waals surface area contributed by atoms with Crippen LogP contribution in [0.4, 0.5) is 17.1 Å². The molecular weight excluding hydrogens is 781 g/mol. The molecule has 2 nitrogen and oxygen atoms in total. The van der Waals surface area contributed by atoms with Crippen molar-refractivity contribution in [3.8, 4) is 50.2 Å². The Labute approximate surface area is 370 Å². The van der Waals surface area contributed by atoms with Crippen LogP contribution in [0.5, 0.6) is 0 Å². The van der Waals surface area contributed by atoms with E-state index < -0.39 is 0 Å². The zero-order chi connectivity index (χ0) is 41.7. The number of rotatable bonds is 8. The van der Waals surface area contributed by atoms with E-state index in [4.69, 9.17) is 0 Å². The third kappa shape index (κ3) is 6.50. The fourth-order valence-corrected chi connectivity index (χ4v) is 10.5. The van der Waals surface area contributed by atoms with Crippen molar-refractivity contribution in [3.05, 3.63) is 243 Å². The molecule has 2 aromatic heterocycles. The molecule has 0 atom stereocenters. The van der Waals surface area contributed by atoms with Gasteiger partial charge in [0.25, 0.3) is 0 Å². The summed E-state index contributed by atoms with van der Waals surface area (Å²) in [6.07, 6.45) is 0. The normalized spacial score (nSPS) is 11.5. The molecule has 10 aromatic carbocycles. The minimum atomic E-state index is 1.10. The molecule has 0 saturated heterocycles. The highest BCUT2D eigenvalue weighted by Crippen LogP contribution is 2.44. The van der Waals surface area contributed by atoms with Crippen molar-refractivity contribution in [3.63, 3.8) is 0 Å². The van der Waals surface area contributed by atoms with Crippen LogP contribution in [0, 0.1) is 0 Å². The van der Waals surface area contributed by atoms with Gasteiger partial charge in [-0.15, -0.1) is 11.3 Å². The fraction of sp³-hybridized carbons (Fsp3) is 0. The SMILES string of the molecule is c1ccc(-c2ccc(-c3ccc(N(c4ccccc4)c4ccccc4-c4cccc(-c5cccc6c5c5ccccc5n6-c5ccc6sc7ccccc7c6c5)c4)cc3)cc2)cc1. The number of aromatic nitrogens is 1. The Morgan fingerprint density at radius 3 is 1.62 bits per heavy atom. The number of hydrogen-bond donors (Lipinski definition) is 0. The molecule has 2 heterocycles. The van der Waals surface area contributed by atoms with Crippen molar-refractivity contribution in [1.29, 1.82) is 0 Å². The lowest BCUT2D eigenvalue weighted by molar-refractivity contribution is 1.19. The average Bonchev–Trinajstić information content (AvgIpc) is 3.91. The molecule has 0 fully saturated rings. The Morgan fingerprint density at radius 1 is 0.317 bits per heavy atom. The van der Waals surface area contributed by atoms with Crippen molar-refractivity contribution in [2.24, 2.45) is 0 Å². The zero-order valence-electron chi connectivity index (χ0n) is 34.4. The molecule has 296 valence electrons. The van der Waals surface area contributed by atoms with Gasteiger partial charge < -0.3 is 9.47 Å². The topological polar surface area (TPSA) is 8.17 Å². The van der Waals surface area contributed by atoms with Gasteiger partial charge in [0.15, 0.2) is 0 Å². The van der Waals surface area contributed by atoms with Gasteiger partial charge in [0, 0.05) is 53.6 Å². The maximum atomic E-state index is 2.45. The Morgan fingerprint density at radius 2 is 0.841 bits per heavy atom. The third-order valence-electron chi connectivity index (χ3n) is 12.4. The van der Waals surface area contributed by atoms with Gasteiger partial charge in [0.05, 0.1) is 16.7 Å². The van der Waals surface area contributed by atoms with Crippen LogP contribution >= 0.6 is 11.3 Å². The number of fused-ring (bicyclic) bond motifs is 6. The van der Waals surface area contributed by atoms with Crippen LogP contribution in [0.1, 0.15) is 0 Å². The van der Waals surface area contributed by atoms with Crippen LogP contribution in [-0.2, 0) is 0 Å². The molecule has 3 heteroatoms. The van der Waals surface area contributed by atoms with E-state index in [2.05, 4.69) is 252 Å². The van der Waals surface area contributed by atoms with Crippen LogP contribution in [0.25, 0.3) is 92.2 Å². The van der Waals surface area contributed by atoms with E-state index in [1.807, 2.05) is 11.3 Å². The first-order chi connectivity index (χ1) is 31.2. The number of hydrogen-bond acceptors (Lipinski definition) is 2. The van der Waals surface area contributed by atoms with Gasteiger partial charge in [0.2, 0.25) is 0 Å². The van der Waals surface area contributed by atoms with Gasteiger partial charge in [-0.2, -0.15) is 0 Å². The van der Waals surface area contributed by atoms with Crippen molar-refractivity contribution in [2.45, 2.75) is 0 Å². The summed E-state index contributed by atoms with van der Waals surface area (Å²) in [5, 5.41) is 5.12. The van der Waals surface area contributed by atoms with E-state index in [1.54, 1.807) is 0 Å². The summed E-state index contributed by atoms with van der Waals surface area (Å²) in [6.45, 7) is 0. The second-order valence-corrected chi connectivity index (χ2v) is 17.2. The van der Waals surface area contributed by atoms with E-state index >= 15 is 0 Å². The molecule has 12 rings (SSSR count). The van der Waals surface area contributed by atoms with Crippen molar-refractivity contribution in [1.82, 2.24) is 4.57 Å². The van der Waals surface area contributed by atoms with Gasteiger partial charge in [0.1, 0.15) is 0 Å². The molecule has 63 heavy (non-hydrogen) atoms. The van der Waals surface area contributed by atoms with E-state index in [-0.39, 0.29) is 0 Å². The van der Waals surface area contributed by atoms with Gasteiger partial charge in [-0.3, -0.25) is 0 Å². The van der Waals surface area contributed by atoms with Gasteiger partial charge >= 0.3 is 0 Å². The molecule has 0 amide bonds. The van der Waals surface area contributed by atoms with Crippen LogP contribution in [0.3, 0.4) is 0 Å². The molecule has 0 aliphatic rings. The summed E-state index contributed by atoms with van der Waals surface area (Å²) in [7, 11) is 0. The molecule has 0 aliphatic carbocycles. The van der Waals surface area contributed by atoms with Crippen molar-refractivity contribution in [2.75, 3.05) is 4.90 Å². The van der Waals surface area contributed by atoms with Crippen LogP contribution < -0.4 is 4.90 Å². The monoisotopic (exact) mass is 820 g/mol. The molecule has 12 aromatic rings. The number of nitrogens with zero attached hydrogens (tertiary/aromatic N) is 2. The zero-order valence-corrected chi connectivity index (χ0v) is 35.2. The first-order valence-corrected chi connectivity index (χ1v) is 22.3. The molecule has 0 unspecified atom stereocenters. The lowest BCUT2D eigenvalue weighted by Gasteiger charge is -2.28. The number of benzene rings is 10. The van der Waals surface area contributed by atoms with Gasteiger partial charge in [-0.25, -0.2) is 0 Å². The summed E-state index contributed by atoms with van der Waals surface area (Å²) in [4.78, 5) is 2.38. The highest BCUT2D eigenvalue weighted by molar-refractivity contribution is 7.25. The first-order valence-electron chi connectivity index (χ1n) is 21.5. The minimum absolute atomic E-state index is 1.10. The summed E-state index contributed by atoms with van der Waals surface area (Å²) >= 11 is 1.86. The van der Waals surface area contributed by atoms with Crippen LogP contribution in [0.15, 0.2) is 243 Å². The summed E-state index contributed by atoms with van der Waals surface area (Å²) < 4.78 is 5.08. The highest BCUT2D eigenvalue weighted by atomic mass is 32.1. The predicted octanol–water partition coefficient (Wildman–Crippen LogP) is 17.3. The fourth-order valence-electron chi connectivity index (χ4n) is 9.45. The van der Waals surface area contributed by atoms with E-state index in [0.717, 1.165) is 28.2 Å². The second kappa shape index (κ2) is 15.5. The Kier molecular flexibility index (Phi) is 9.06. The molecule has 0 bridgehead atoms. The Bertz CT molecular complexity index is 3600. The second-order valence-electron chi connectivity index (χ2n) is 16.1.